The first kappa shape index (κ1) is 21.7. The van der Waals surface area contributed by atoms with E-state index in [4.69, 9.17) is 10.5 Å². The van der Waals surface area contributed by atoms with Crippen LogP contribution in [0.1, 0.15) is 0 Å². The Kier molecular flexibility index (Phi) is 7.00. The number of hydrogen-bond donors (Lipinski definition) is 2. The number of benzene rings is 2. The van der Waals surface area contributed by atoms with Gasteiger partial charge in [0.15, 0.2) is 17.4 Å². The maximum Gasteiger partial charge on any atom is 0.243 e. The minimum Gasteiger partial charge on any atom is -0.451 e. The van der Waals surface area contributed by atoms with E-state index in [0.29, 0.717) is 16.4 Å². The molecule has 0 unspecified atom stereocenters. The molecule has 0 aromatic heterocycles. The smallest absolute Gasteiger partial charge is 0.243 e. The zero-order valence-electron chi connectivity index (χ0n) is 14.8. The number of nitrogens with one attached hydrogen (secondary N) is 1. The van der Waals surface area contributed by atoms with Crippen molar-refractivity contribution in [1.29, 1.82) is 0 Å². The van der Waals surface area contributed by atoms with E-state index in [1.165, 1.54) is 0 Å². The van der Waals surface area contributed by atoms with Gasteiger partial charge in [0, 0.05) is 13.1 Å². The predicted molar refractivity (Wildman–Crippen MR) is 94.7 cm³/mol. The van der Waals surface area contributed by atoms with Crippen molar-refractivity contribution in [2.75, 3.05) is 26.7 Å². The summed E-state index contributed by atoms with van der Waals surface area (Å²) in [6.07, 6.45) is 0. The van der Waals surface area contributed by atoms with Crippen molar-refractivity contribution in [3.63, 3.8) is 0 Å². The fraction of sp³-hybridized carbons (Fsp3) is 0.235. The van der Waals surface area contributed by atoms with Gasteiger partial charge in [-0.1, -0.05) is 0 Å². The van der Waals surface area contributed by atoms with Gasteiger partial charge in [-0.3, -0.25) is 4.79 Å². The minimum absolute atomic E-state index is 0.0424. The van der Waals surface area contributed by atoms with Gasteiger partial charge in [-0.05, 0) is 43.4 Å². The monoisotopic (exact) mass is 417 g/mol. The van der Waals surface area contributed by atoms with E-state index < -0.39 is 50.6 Å². The third-order valence-electron chi connectivity index (χ3n) is 3.59. The van der Waals surface area contributed by atoms with Crippen molar-refractivity contribution < 1.29 is 31.1 Å². The third-order valence-corrected chi connectivity index (χ3v) is 5.41. The van der Waals surface area contributed by atoms with Crippen LogP contribution in [-0.2, 0) is 14.8 Å². The Labute approximate surface area is 159 Å². The first-order valence-corrected chi connectivity index (χ1v) is 9.44. The standard InChI is InChI=1S/C17H18F3N3O4S/c1-22-6-7-23(10-16(21)24)28(25,26)13-8-14(19)17(15(20)9-13)27-12-4-2-11(18)3-5-12/h2-5,8-9,22H,6-7,10H2,1H3,(H2,21,24). The summed E-state index contributed by atoms with van der Waals surface area (Å²) in [5.74, 6) is -4.93. The molecular weight excluding hydrogens is 399 g/mol. The Morgan fingerprint density at radius 3 is 2.21 bits per heavy atom. The van der Waals surface area contributed by atoms with Crippen molar-refractivity contribution in [3.8, 4) is 11.5 Å². The van der Waals surface area contributed by atoms with Crippen LogP contribution in [0.25, 0.3) is 0 Å². The second-order valence-corrected chi connectivity index (χ2v) is 7.62. The minimum atomic E-state index is -4.40. The number of nitrogens with zero attached hydrogens (tertiary/aromatic N) is 1. The molecule has 3 N–H and O–H groups in total. The van der Waals surface area contributed by atoms with E-state index in [2.05, 4.69) is 5.32 Å². The molecule has 0 saturated carbocycles. The third kappa shape index (κ3) is 5.21. The molecule has 0 spiro atoms. The molecule has 0 heterocycles. The number of halogens is 3. The summed E-state index contributed by atoms with van der Waals surface area (Å²) in [7, 11) is -2.84. The Morgan fingerprint density at radius 2 is 1.71 bits per heavy atom. The molecule has 0 saturated heterocycles. The first-order chi connectivity index (χ1) is 13.1. The summed E-state index contributed by atoms with van der Waals surface area (Å²) in [4.78, 5) is 10.5. The van der Waals surface area contributed by atoms with E-state index in [9.17, 15) is 26.4 Å². The maximum absolute atomic E-state index is 14.4. The highest BCUT2D eigenvalue weighted by Crippen LogP contribution is 2.31. The average molecular weight is 417 g/mol. The number of ether oxygens (including phenoxy) is 1. The molecule has 0 fully saturated rings. The van der Waals surface area contributed by atoms with Crippen LogP contribution < -0.4 is 15.8 Å². The van der Waals surface area contributed by atoms with Crippen LogP contribution in [0.4, 0.5) is 13.2 Å². The largest absolute Gasteiger partial charge is 0.451 e. The zero-order valence-corrected chi connectivity index (χ0v) is 15.6. The lowest BCUT2D eigenvalue weighted by Gasteiger charge is -2.21. The van der Waals surface area contributed by atoms with Gasteiger partial charge >= 0.3 is 0 Å². The van der Waals surface area contributed by atoms with E-state index in [-0.39, 0.29) is 18.8 Å². The number of nitrogens with two attached hydrogens (primary N) is 1. The summed E-state index contributed by atoms with van der Waals surface area (Å²) >= 11 is 0. The molecule has 11 heteroatoms. The first-order valence-electron chi connectivity index (χ1n) is 8.00. The molecule has 0 aliphatic rings. The quantitative estimate of drug-likeness (QED) is 0.645. The van der Waals surface area contributed by atoms with E-state index in [1.807, 2.05) is 0 Å². The van der Waals surface area contributed by atoms with Gasteiger partial charge in [-0.15, -0.1) is 0 Å². The van der Waals surface area contributed by atoms with Crippen LogP contribution in [-0.4, -0.2) is 45.3 Å². The number of primary amides is 1. The fourth-order valence-electron chi connectivity index (χ4n) is 2.25. The number of likely N-dealkylation sites (N-methyl/N-ethyl adjacent to an activating group) is 1. The van der Waals surface area contributed by atoms with Crippen LogP contribution in [0.15, 0.2) is 41.3 Å². The Hall–Kier alpha value is -2.63. The van der Waals surface area contributed by atoms with Gasteiger partial charge < -0.3 is 15.8 Å². The van der Waals surface area contributed by atoms with Crippen molar-refractivity contribution in [2.24, 2.45) is 5.73 Å². The highest BCUT2D eigenvalue weighted by atomic mass is 32.2. The van der Waals surface area contributed by atoms with Gasteiger partial charge in [-0.25, -0.2) is 21.6 Å². The van der Waals surface area contributed by atoms with E-state index >= 15 is 0 Å². The normalized spacial score (nSPS) is 11.6. The van der Waals surface area contributed by atoms with Gasteiger partial charge in [0.1, 0.15) is 11.6 Å². The molecule has 0 aliphatic carbocycles. The van der Waals surface area contributed by atoms with Gasteiger partial charge in [-0.2, -0.15) is 4.31 Å². The molecule has 2 aromatic carbocycles. The lowest BCUT2D eigenvalue weighted by atomic mass is 10.3. The highest BCUT2D eigenvalue weighted by molar-refractivity contribution is 7.89. The molecule has 0 radical (unpaired) electrons. The van der Waals surface area contributed by atoms with E-state index in [0.717, 1.165) is 24.3 Å². The van der Waals surface area contributed by atoms with Crippen molar-refractivity contribution in [1.82, 2.24) is 9.62 Å². The number of amides is 1. The molecule has 1 amide bonds. The van der Waals surface area contributed by atoms with Crippen LogP contribution in [0, 0.1) is 17.5 Å². The molecule has 152 valence electrons. The zero-order chi connectivity index (χ0) is 20.9. The average Bonchev–Trinajstić information content (AvgIpc) is 2.62. The molecule has 0 aliphatic heterocycles. The highest BCUT2D eigenvalue weighted by Gasteiger charge is 2.28. The molecule has 2 rings (SSSR count). The summed E-state index contributed by atoms with van der Waals surface area (Å²) in [6, 6.07) is 5.53. The number of sulfonamides is 1. The number of carbonyl (C=O) groups excluding carboxylic acids is 1. The molecule has 0 bridgehead atoms. The van der Waals surface area contributed by atoms with Crippen molar-refractivity contribution in [2.45, 2.75) is 4.90 Å². The van der Waals surface area contributed by atoms with Crippen LogP contribution in [0.5, 0.6) is 11.5 Å². The molecule has 28 heavy (non-hydrogen) atoms. The lowest BCUT2D eigenvalue weighted by Crippen LogP contribution is -2.41. The predicted octanol–water partition coefficient (Wildman–Crippen LogP) is 1.59. The Bertz CT molecular complexity index is 930. The van der Waals surface area contributed by atoms with Gasteiger partial charge in [0.05, 0.1) is 11.4 Å². The van der Waals surface area contributed by atoms with Crippen molar-refractivity contribution in [3.05, 3.63) is 53.8 Å². The maximum atomic E-state index is 14.4. The number of carbonyl (C=O) groups is 1. The SMILES string of the molecule is CNCCN(CC(N)=O)S(=O)(=O)c1cc(F)c(Oc2ccc(F)cc2)c(F)c1. The summed E-state index contributed by atoms with van der Waals surface area (Å²) in [5.41, 5.74) is 5.06. The topological polar surface area (TPSA) is 102 Å². The number of hydrogen-bond acceptors (Lipinski definition) is 5. The summed E-state index contributed by atoms with van der Waals surface area (Å²) < 4.78 is 72.7. The second kappa shape index (κ2) is 9.04. The Morgan fingerprint density at radius 1 is 1.14 bits per heavy atom. The van der Waals surface area contributed by atoms with Crippen molar-refractivity contribution >= 4 is 15.9 Å². The van der Waals surface area contributed by atoms with Crippen LogP contribution in [0.2, 0.25) is 0 Å². The van der Waals surface area contributed by atoms with Gasteiger partial charge in [0.25, 0.3) is 0 Å². The molecule has 7 nitrogen and oxygen atoms in total. The summed E-state index contributed by atoms with van der Waals surface area (Å²) in [5, 5.41) is 2.71. The second-order valence-electron chi connectivity index (χ2n) is 5.68. The number of rotatable bonds is 9. The summed E-state index contributed by atoms with van der Waals surface area (Å²) in [6.45, 7) is -0.608. The lowest BCUT2D eigenvalue weighted by molar-refractivity contribution is -0.118. The fourth-order valence-corrected chi connectivity index (χ4v) is 3.68. The molecule has 2 aromatic rings. The van der Waals surface area contributed by atoms with E-state index in [1.54, 1.807) is 7.05 Å². The van der Waals surface area contributed by atoms with Gasteiger partial charge in [0.2, 0.25) is 15.9 Å². The van der Waals surface area contributed by atoms with Crippen LogP contribution in [0.3, 0.4) is 0 Å². The van der Waals surface area contributed by atoms with Crippen LogP contribution >= 0.6 is 0 Å². The molecular formula is C17H18F3N3O4S. The molecule has 0 atom stereocenters. The Balaban J connectivity index is 2.37.